The van der Waals surface area contributed by atoms with Crippen molar-refractivity contribution in [1.82, 2.24) is 19.5 Å². The molecular formula is C18H17F3N4O3S. The van der Waals surface area contributed by atoms with Crippen molar-refractivity contribution in [3.05, 3.63) is 60.6 Å². The molecule has 0 fully saturated rings. The quantitative estimate of drug-likeness (QED) is 0.627. The van der Waals surface area contributed by atoms with Gasteiger partial charge in [0.25, 0.3) is 0 Å². The van der Waals surface area contributed by atoms with E-state index in [9.17, 15) is 21.6 Å². The van der Waals surface area contributed by atoms with Gasteiger partial charge in [-0.1, -0.05) is 0 Å². The average molecular weight is 426 g/mol. The number of nitrogens with one attached hydrogen (secondary N) is 1. The maximum Gasteiger partial charge on any atom is 0.573 e. The Morgan fingerprint density at radius 3 is 2.52 bits per heavy atom. The average Bonchev–Trinajstić information content (AvgIpc) is 3.02. The lowest BCUT2D eigenvalue weighted by molar-refractivity contribution is -0.274. The molecule has 7 nitrogen and oxygen atoms in total. The topological polar surface area (TPSA) is 86.1 Å². The maximum atomic E-state index is 12.3. The summed E-state index contributed by atoms with van der Waals surface area (Å²) in [4.78, 5) is 3.88. The molecule has 11 heteroatoms. The molecule has 0 spiro atoms. The van der Waals surface area contributed by atoms with Crippen LogP contribution in [0.1, 0.15) is 5.69 Å². The van der Waals surface area contributed by atoms with Crippen LogP contribution < -0.4 is 9.46 Å². The first-order valence-corrected chi connectivity index (χ1v) is 9.93. The molecule has 0 amide bonds. The first-order chi connectivity index (χ1) is 13.6. The molecule has 0 aliphatic carbocycles. The second kappa shape index (κ2) is 8.21. The van der Waals surface area contributed by atoms with Crippen LogP contribution >= 0.6 is 0 Å². The number of aromatic nitrogens is 3. The van der Waals surface area contributed by atoms with Gasteiger partial charge in [0, 0.05) is 30.2 Å². The maximum absolute atomic E-state index is 12.3. The highest BCUT2D eigenvalue weighted by Gasteiger charge is 2.31. The molecule has 2 aromatic heterocycles. The third-order valence-electron chi connectivity index (χ3n) is 3.92. The van der Waals surface area contributed by atoms with Crippen LogP contribution in [0, 0.1) is 6.92 Å². The number of rotatable bonds is 7. The third-order valence-corrected chi connectivity index (χ3v) is 5.40. The van der Waals surface area contributed by atoms with Crippen LogP contribution in [-0.4, -0.2) is 36.1 Å². The van der Waals surface area contributed by atoms with Gasteiger partial charge in [-0.25, -0.2) is 13.1 Å². The summed E-state index contributed by atoms with van der Waals surface area (Å²) in [6.45, 7) is 2.18. The minimum atomic E-state index is -4.84. The van der Waals surface area contributed by atoms with Crippen LogP contribution in [0.4, 0.5) is 13.2 Å². The fourth-order valence-electron chi connectivity index (χ4n) is 2.58. The molecule has 0 aliphatic rings. The van der Waals surface area contributed by atoms with Crippen LogP contribution in [-0.2, 0) is 16.6 Å². The lowest BCUT2D eigenvalue weighted by Crippen LogP contribution is -2.28. The predicted molar refractivity (Wildman–Crippen MR) is 98.5 cm³/mol. The lowest BCUT2D eigenvalue weighted by Gasteiger charge is -2.10. The minimum Gasteiger partial charge on any atom is -0.406 e. The second-order valence-corrected chi connectivity index (χ2v) is 7.82. The molecule has 0 atom stereocenters. The fraction of sp³-hybridized carbons (Fsp3) is 0.222. The molecule has 3 aromatic rings. The summed E-state index contributed by atoms with van der Waals surface area (Å²) in [7, 11) is -3.89. The van der Waals surface area contributed by atoms with E-state index in [0.29, 0.717) is 0 Å². The first kappa shape index (κ1) is 20.8. The summed E-state index contributed by atoms with van der Waals surface area (Å²) in [5, 5.41) is 4.44. The number of benzene rings is 1. The van der Waals surface area contributed by atoms with E-state index in [1.165, 1.54) is 0 Å². The summed E-state index contributed by atoms with van der Waals surface area (Å²) >= 11 is 0. The highest BCUT2D eigenvalue weighted by molar-refractivity contribution is 7.89. The fourth-order valence-corrected chi connectivity index (χ4v) is 3.60. The Balaban J connectivity index is 1.62. The number of alkyl halides is 3. The number of aryl methyl sites for hydroxylation is 1. The number of nitrogens with zero attached hydrogens (tertiary/aromatic N) is 3. The van der Waals surface area contributed by atoms with Gasteiger partial charge in [-0.2, -0.15) is 5.10 Å². The van der Waals surface area contributed by atoms with Gasteiger partial charge in [0.2, 0.25) is 10.0 Å². The van der Waals surface area contributed by atoms with Crippen LogP contribution in [0.15, 0.2) is 59.8 Å². The van der Waals surface area contributed by atoms with Gasteiger partial charge in [0.15, 0.2) is 0 Å². The van der Waals surface area contributed by atoms with Gasteiger partial charge in [-0.05, 0) is 49.4 Å². The molecule has 3 rings (SSSR count). The van der Waals surface area contributed by atoms with Crippen molar-refractivity contribution < 1.29 is 26.3 Å². The highest BCUT2D eigenvalue weighted by atomic mass is 32.2. The van der Waals surface area contributed by atoms with Crippen LogP contribution in [0.2, 0.25) is 0 Å². The molecule has 1 N–H and O–H groups in total. The van der Waals surface area contributed by atoms with E-state index in [4.69, 9.17) is 0 Å². The molecule has 0 aliphatic heterocycles. The van der Waals surface area contributed by atoms with Crippen molar-refractivity contribution in [2.45, 2.75) is 24.7 Å². The van der Waals surface area contributed by atoms with Crippen molar-refractivity contribution in [2.24, 2.45) is 0 Å². The Kier molecular flexibility index (Phi) is 5.89. The summed E-state index contributed by atoms with van der Waals surface area (Å²) in [5.41, 5.74) is 2.41. The summed E-state index contributed by atoms with van der Waals surface area (Å²) in [5.74, 6) is -0.494. The Hall–Kier alpha value is -2.92. The number of hydrogen-bond acceptors (Lipinski definition) is 5. The van der Waals surface area contributed by atoms with E-state index in [1.54, 1.807) is 23.1 Å². The monoisotopic (exact) mass is 426 g/mol. The number of ether oxygens (including phenoxy) is 1. The molecule has 1 aromatic carbocycles. The van der Waals surface area contributed by atoms with Crippen molar-refractivity contribution in [3.63, 3.8) is 0 Å². The zero-order valence-corrected chi connectivity index (χ0v) is 16.0. The minimum absolute atomic E-state index is 0.0537. The molecule has 29 heavy (non-hydrogen) atoms. The van der Waals surface area contributed by atoms with E-state index in [1.807, 2.05) is 19.1 Å². The molecular weight excluding hydrogens is 409 g/mol. The van der Waals surface area contributed by atoms with E-state index >= 15 is 0 Å². The Morgan fingerprint density at radius 2 is 1.90 bits per heavy atom. The number of hydrogen-bond donors (Lipinski definition) is 1. The number of pyridine rings is 1. The van der Waals surface area contributed by atoms with Crippen molar-refractivity contribution in [2.75, 3.05) is 6.54 Å². The molecule has 0 saturated carbocycles. The Labute approximate surface area is 165 Å². The van der Waals surface area contributed by atoms with E-state index < -0.39 is 22.1 Å². The molecule has 0 saturated heterocycles. The van der Waals surface area contributed by atoms with Gasteiger partial charge >= 0.3 is 6.36 Å². The van der Waals surface area contributed by atoms with E-state index in [2.05, 4.69) is 19.5 Å². The normalized spacial score (nSPS) is 12.1. The zero-order valence-electron chi connectivity index (χ0n) is 15.2. The number of halogens is 3. The van der Waals surface area contributed by atoms with Crippen molar-refractivity contribution in [1.29, 1.82) is 0 Å². The predicted octanol–water partition coefficient (Wildman–Crippen LogP) is 3.13. The standard InChI is InChI=1S/C18H17F3N4O3S/c1-13-11-17(14-3-2-8-22-12-14)24-25(13)10-9-23-29(26,27)16-6-4-15(5-7-16)28-18(19,20)21/h2-8,11-12,23H,9-10H2,1H3. The largest absolute Gasteiger partial charge is 0.573 e. The Bertz CT molecular complexity index is 1070. The van der Waals surface area contributed by atoms with Crippen LogP contribution in [0.3, 0.4) is 0 Å². The molecule has 0 bridgehead atoms. The van der Waals surface area contributed by atoms with Gasteiger partial charge in [-0.3, -0.25) is 9.67 Å². The van der Waals surface area contributed by atoms with Crippen LogP contribution in [0.25, 0.3) is 11.3 Å². The molecule has 154 valence electrons. The van der Waals surface area contributed by atoms with Crippen molar-refractivity contribution in [3.8, 4) is 17.0 Å². The summed E-state index contributed by atoms with van der Waals surface area (Å²) in [6.07, 6.45) is -1.50. The first-order valence-electron chi connectivity index (χ1n) is 8.44. The Morgan fingerprint density at radius 1 is 1.17 bits per heavy atom. The number of sulfonamides is 1. The van der Waals surface area contributed by atoms with Gasteiger partial charge in [-0.15, -0.1) is 13.2 Å². The van der Waals surface area contributed by atoms with E-state index in [0.717, 1.165) is 41.2 Å². The van der Waals surface area contributed by atoms with Crippen LogP contribution in [0.5, 0.6) is 5.75 Å². The second-order valence-electron chi connectivity index (χ2n) is 6.05. The third kappa shape index (κ3) is 5.55. The van der Waals surface area contributed by atoms with E-state index in [-0.39, 0.29) is 18.0 Å². The van der Waals surface area contributed by atoms with Gasteiger partial charge < -0.3 is 4.74 Å². The molecule has 0 radical (unpaired) electrons. The highest BCUT2D eigenvalue weighted by Crippen LogP contribution is 2.24. The molecule has 2 heterocycles. The van der Waals surface area contributed by atoms with Crippen molar-refractivity contribution >= 4 is 10.0 Å². The lowest BCUT2D eigenvalue weighted by atomic mass is 10.2. The summed E-state index contributed by atoms with van der Waals surface area (Å²) < 4.78 is 69.0. The smallest absolute Gasteiger partial charge is 0.406 e. The SMILES string of the molecule is Cc1cc(-c2cccnc2)nn1CCNS(=O)(=O)c1ccc(OC(F)(F)F)cc1. The van der Waals surface area contributed by atoms with Gasteiger partial charge in [0.1, 0.15) is 5.75 Å². The zero-order chi connectivity index (χ0) is 21.1. The van der Waals surface area contributed by atoms with Gasteiger partial charge in [0.05, 0.1) is 17.1 Å². The molecule has 0 unspecified atom stereocenters. The summed E-state index contributed by atoms with van der Waals surface area (Å²) in [6, 6.07) is 9.51.